The van der Waals surface area contributed by atoms with E-state index in [1.54, 1.807) is 11.8 Å². The maximum absolute atomic E-state index is 13.2. The van der Waals surface area contributed by atoms with E-state index in [2.05, 4.69) is 79.0 Å². The van der Waals surface area contributed by atoms with Gasteiger partial charge < -0.3 is 35.0 Å². The second-order valence-corrected chi connectivity index (χ2v) is 13.5. The maximum atomic E-state index is 13.2. The highest BCUT2D eigenvalue weighted by Gasteiger charge is 2.43. The molecule has 0 aliphatic carbocycles. The van der Waals surface area contributed by atoms with Gasteiger partial charge in [-0.25, -0.2) is 19.6 Å². The predicted octanol–water partition coefficient (Wildman–Crippen LogP) is 4.93. The Balaban J connectivity index is 0.913. The second-order valence-electron chi connectivity index (χ2n) is 13.5. The van der Waals surface area contributed by atoms with Gasteiger partial charge in [0.25, 0.3) is 0 Å². The molecule has 4 fully saturated rings. The number of ether oxygens (including phenoxy) is 2. The van der Waals surface area contributed by atoms with Gasteiger partial charge in [0.05, 0.1) is 41.9 Å². The van der Waals surface area contributed by atoms with Crippen molar-refractivity contribution in [2.24, 2.45) is 0 Å². The van der Waals surface area contributed by atoms with E-state index in [4.69, 9.17) is 14.5 Å². The predicted molar refractivity (Wildman–Crippen MR) is 180 cm³/mol. The number of imidazole rings is 2. The Kier molecular flexibility index (Phi) is 8.06. The minimum Gasteiger partial charge on any atom is -0.444 e. The van der Waals surface area contributed by atoms with E-state index < -0.39 is 18.2 Å². The van der Waals surface area contributed by atoms with E-state index in [0.717, 1.165) is 84.1 Å². The van der Waals surface area contributed by atoms with E-state index in [0.29, 0.717) is 6.54 Å². The lowest BCUT2D eigenvalue weighted by Crippen LogP contribution is -2.47. The molecule has 13 heteroatoms. The molecular weight excluding hydrogens is 624 g/mol. The number of rotatable bonds is 8. The third-order valence-electron chi connectivity index (χ3n) is 10.3. The second kappa shape index (κ2) is 12.7. The van der Waals surface area contributed by atoms with Crippen molar-refractivity contribution >= 4 is 18.1 Å². The average Bonchev–Trinajstić information content (AvgIpc) is 3.95. The van der Waals surface area contributed by atoms with E-state index in [-0.39, 0.29) is 36.2 Å². The van der Waals surface area contributed by atoms with Crippen molar-refractivity contribution in [3.63, 3.8) is 0 Å². The first-order valence-corrected chi connectivity index (χ1v) is 17.1. The summed E-state index contributed by atoms with van der Waals surface area (Å²) in [5, 5.41) is 5.56. The molecule has 0 bridgehead atoms. The van der Waals surface area contributed by atoms with Gasteiger partial charge >= 0.3 is 12.2 Å². The van der Waals surface area contributed by atoms with Crippen molar-refractivity contribution in [2.45, 2.75) is 75.9 Å². The summed E-state index contributed by atoms with van der Waals surface area (Å²) in [4.78, 5) is 57.1. The normalized spacial score (nSPS) is 26.9. The van der Waals surface area contributed by atoms with Crippen LogP contribution in [0.5, 0.6) is 0 Å². The number of hydrogen-bond acceptors (Lipinski definition) is 8. The highest BCUT2D eigenvalue weighted by Crippen LogP contribution is 2.35. The van der Waals surface area contributed by atoms with Gasteiger partial charge in [-0.2, -0.15) is 0 Å². The summed E-state index contributed by atoms with van der Waals surface area (Å²) in [6.07, 6.45) is 5.95. The van der Waals surface area contributed by atoms with Gasteiger partial charge in [-0.05, 0) is 68.3 Å². The SMILES string of the molecule is C[C@H]1OC(=O)NC1CN1CCC[C@H]1c1ncc(-c2ccc(-c3ccc(-c4cnc([C@@H]5CCCN5C(=O)[C@@H]5NC(=O)O[C@@H]5C)[nH]4)cc3)cc2)[nH]1. The highest BCUT2D eigenvalue weighted by molar-refractivity contribution is 5.89. The molecule has 3 amide bonds. The number of aromatic amines is 2. The minimum atomic E-state index is -0.678. The number of alkyl carbamates (subject to hydrolysis) is 2. The minimum absolute atomic E-state index is 0.0184. The Morgan fingerprint density at radius 2 is 1.27 bits per heavy atom. The lowest BCUT2D eigenvalue weighted by atomic mass is 10.0. The standard InChI is InChI=1S/C36H40N8O5/c1-20-28(41-35(46)48-20)19-43-15-3-5-29(43)32-37-17-26(39-32)24-11-7-22(8-12-24)23-9-13-25(14-10-23)27-18-38-33(40-27)30-6-4-16-44(30)34(45)31-21(2)49-36(47)42-31/h7-14,17-18,20-21,28-31H,3-6,15-16,19H2,1-2H3,(H,37,39)(H,38,40)(H,41,46)(H,42,47)/t20-,21-,28?,29+,30+,31-/m1/s1. The van der Waals surface area contributed by atoms with Crippen molar-refractivity contribution in [2.75, 3.05) is 19.6 Å². The molecule has 4 aromatic rings. The van der Waals surface area contributed by atoms with Crippen molar-refractivity contribution in [1.29, 1.82) is 0 Å². The summed E-state index contributed by atoms with van der Waals surface area (Å²) in [7, 11) is 0. The zero-order chi connectivity index (χ0) is 33.6. The van der Waals surface area contributed by atoms with Crippen LogP contribution in [0.2, 0.25) is 0 Å². The molecule has 254 valence electrons. The number of amides is 3. The molecule has 0 radical (unpaired) electrons. The third-order valence-corrected chi connectivity index (χ3v) is 10.3. The van der Waals surface area contributed by atoms with Crippen LogP contribution in [-0.4, -0.2) is 91.8 Å². The van der Waals surface area contributed by atoms with Gasteiger partial charge in [0.15, 0.2) is 0 Å². The molecule has 4 aliphatic heterocycles. The van der Waals surface area contributed by atoms with Crippen LogP contribution in [0.4, 0.5) is 9.59 Å². The summed E-state index contributed by atoms with van der Waals surface area (Å²) in [6.45, 7) is 5.98. The van der Waals surface area contributed by atoms with Crippen LogP contribution in [-0.2, 0) is 14.3 Å². The third kappa shape index (κ3) is 6.03. The monoisotopic (exact) mass is 664 g/mol. The van der Waals surface area contributed by atoms with Gasteiger partial charge in [-0.3, -0.25) is 9.69 Å². The molecule has 4 aliphatic rings. The smallest absolute Gasteiger partial charge is 0.408 e. The number of hydrogen-bond donors (Lipinski definition) is 4. The number of aromatic nitrogens is 4. The maximum Gasteiger partial charge on any atom is 0.408 e. The van der Waals surface area contributed by atoms with Crippen molar-refractivity contribution in [3.8, 4) is 33.6 Å². The van der Waals surface area contributed by atoms with Crippen LogP contribution in [0.3, 0.4) is 0 Å². The first-order chi connectivity index (χ1) is 23.8. The molecule has 13 nitrogen and oxygen atoms in total. The molecule has 6 heterocycles. The van der Waals surface area contributed by atoms with Gasteiger partial charge in [0.1, 0.15) is 29.9 Å². The Morgan fingerprint density at radius 3 is 1.84 bits per heavy atom. The molecule has 6 atom stereocenters. The summed E-state index contributed by atoms with van der Waals surface area (Å²) in [6, 6.07) is 16.1. The number of nitrogens with one attached hydrogen (secondary N) is 4. The Morgan fingerprint density at radius 1 is 0.735 bits per heavy atom. The molecule has 8 rings (SSSR count). The van der Waals surface area contributed by atoms with E-state index in [1.807, 2.05) is 19.3 Å². The molecule has 49 heavy (non-hydrogen) atoms. The molecule has 0 spiro atoms. The van der Waals surface area contributed by atoms with Crippen molar-refractivity contribution in [3.05, 3.63) is 72.6 Å². The number of benzene rings is 2. The number of H-pyrrole nitrogens is 2. The fraction of sp³-hybridized carbons (Fsp3) is 0.417. The summed E-state index contributed by atoms with van der Waals surface area (Å²) in [5.41, 5.74) is 6.13. The number of carbonyl (C=O) groups excluding carboxylic acids is 3. The van der Waals surface area contributed by atoms with Crippen LogP contribution >= 0.6 is 0 Å². The van der Waals surface area contributed by atoms with Crippen LogP contribution < -0.4 is 10.6 Å². The van der Waals surface area contributed by atoms with Gasteiger partial charge in [0.2, 0.25) is 5.91 Å². The summed E-state index contributed by atoms with van der Waals surface area (Å²) in [5.74, 6) is 1.55. The highest BCUT2D eigenvalue weighted by atomic mass is 16.6. The fourth-order valence-corrected chi connectivity index (χ4v) is 7.62. The molecular formula is C36H40N8O5. The molecule has 4 N–H and O–H groups in total. The van der Waals surface area contributed by atoms with Crippen LogP contribution in [0, 0.1) is 0 Å². The van der Waals surface area contributed by atoms with Crippen LogP contribution in [0.1, 0.15) is 63.3 Å². The molecule has 2 aromatic carbocycles. The molecule has 4 saturated heterocycles. The lowest BCUT2D eigenvalue weighted by molar-refractivity contribution is -0.135. The Bertz CT molecular complexity index is 1850. The zero-order valence-electron chi connectivity index (χ0n) is 27.5. The largest absolute Gasteiger partial charge is 0.444 e. The Labute approximate surface area is 283 Å². The van der Waals surface area contributed by atoms with Crippen molar-refractivity contribution < 1.29 is 23.9 Å². The molecule has 1 unspecified atom stereocenters. The fourth-order valence-electron chi connectivity index (χ4n) is 7.62. The number of likely N-dealkylation sites (tertiary alicyclic amines) is 2. The van der Waals surface area contributed by atoms with Crippen LogP contribution in [0.15, 0.2) is 60.9 Å². The van der Waals surface area contributed by atoms with Gasteiger partial charge in [-0.15, -0.1) is 0 Å². The van der Waals surface area contributed by atoms with E-state index >= 15 is 0 Å². The van der Waals surface area contributed by atoms with Gasteiger partial charge in [0, 0.05) is 13.1 Å². The number of carbonyl (C=O) groups is 3. The first kappa shape index (κ1) is 31.1. The number of nitrogens with zero attached hydrogens (tertiary/aromatic N) is 4. The average molecular weight is 665 g/mol. The topological polar surface area (TPSA) is 158 Å². The lowest BCUT2D eigenvalue weighted by Gasteiger charge is -2.26. The quantitative estimate of drug-likeness (QED) is 0.207. The van der Waals surface area contributed by atoms with Crippen molar-refractivity contribution in [1.82, 2.24) is 40.4 Å². The van der Waals surface area contributed by atoms with Gasteiger partial charge in [-0.1, -0.05) is 48.5 Å². The zero-order valence-corrected chi connectivity index (χ0v) is 27.5. The van der Waals surface area contributed by atoms with E-state index in [9.17, 15) is 14.4 Å². The molecule has 2 aromatic heterocycles. The summed E-state index contributed by atoms with van der Waals surface area (Å²) < 4.78 is 10.4. The Hall–Kier alpha value is -5.17. The first-order valence-electron chi connectivity index (χ1n) is 17.1. The molecule has 0 saturated carbocycles. The number of cyclic esters (lactones) is 2. The van der Waals surface area contributed by atoms with E-state index in [1.165, 1.54) is 0 Å². The van der Waals surface area contributed by atoms with Crippen LogP contribution in [0.25, 0.3) is 33.6 Å². The summed E-state index contributed by atoms with van der Waals surface area (Å²) >= 11 is 0.